The molecule has 1 atom stereocenters. The number of para-hydroxylation sites is 1. The molecule has 9 nitrogen and oxygen atoms in total. The number of hydrogen-bond donors (Lipinski definition) is 2. The molecule has 0 fully saturated rings. The normalized spacial score (nSPS) is 12.7. The van der Waals surface area contributed by atoms with Crippen LogP contribution >= 0.6 is 23.2 Å². The van der Waals surface area contributed by atoms with E-state index in [1.165, 1.54) is 24.3 Å². The molecule has 0 heterocycles. The first-order valence-electron chi connectivity index (χ1n) is 7.61. The number of nitro benzene ring substituents is 1. The minimum atomic E-state index is -4.65. The Morgan fingerprint density at radius 3 is 2.46 bits per heavy atom. The molecular weight excluding hydrogens is 435 g/mol. The van der Waals surface area contributed by atoms with E-state index in [2.05, 4.69) is 0 Å². The van der Waals surface area contributed by atoms with Crippen molar-refractivity contribution in [1.82, 2.24) is 4.31 Å². The van der Waals surface area contributed by atoms with E-state index in [4.69, 9.17) is 23.2 Å². The Balaban J connectivity index is 2.65. The predicted octanol–water partition coefficient (Wildman–Crippen LogP) is 3.27. The lowest BCUT2D eigenvalue weighted by Crippen LogP contribution is -2.42. The highest BCUT2D eigenvalue weighted by atomic mass is 35.5. The van der Waals surface area contributed by atoms with Crippen LogP contribution in [0.4, 0.5) is 5.69 Å². The summed E-state index contributed by atoms with van der Waals surface area (Å²) in [7, 11) is -4.65. The van der Waals surface area contributed by atoms with Gasteiger partial charge in [0.1, 0.15) is 10.9 Å². The first-order valence-corrected chi connectivity index (χ1v) is 9.81. The van der Waals surface area contributed by atoms with Gasteiger partial charge < -0.3 is 10.2 Å². The van der Waals surface area contributed by atoms with Gasteiger partial charge in [0.2, 0.25) is 10.0 Å². The molecule has 0 aliphatic heterocycles. The van der Waals surface area contributed by atoms with Crippen LogP contribution < -0.4 is 0 Å². The first kappa shape index (κ1) is 21.9. The molecule has 0 saturated heterocycles. The molecule has 0 amide bonds. The average Bonchev–Trinajstić information content (AvgIpc) is 2.61. The van der Waals surface area contributed by atoms with Gasteiger partial charge in [0.05, 0.1) is 9.95 Å². The van der Waals surface area contributed by atoms with E-state index in [0.29, 0.717) is 4.31 Å². The van der Waals surface area contributed by atoms with E-state index in [1.807, 2.05) is 0 Å². The predicted molar refractivity (Wildman–Crippen MR) is 101 cm³/mol. The smallest absolute Gasteiger partial charge is 0.321 e. The van der Waals surface area contributed by atoms with E-state index < -0.39 is 44.1 Å². The SMILES string of the molecule is C[C@@H](C(=O)O)N(Cc1ccccc1[N+](=O)[O-])S(=O)(=O)c1cc(Cl)cc(Cl)c1O. The zero-order valence-corrected chi connectivity index (χ0v) is 16.6. The maximum Gasteiger partial charge on any atom is 0.321 e. The largest absolute Gasteiger partial charge is 0.505 e. The highest BCUT2D eigenvalue weighted by Gasteiger charge is 2.36. The fourth-order valence-corrected chi connectivity index (χ4v) is 4.72. The van der Waals surface area contributed by atoms with Gasteiger partial charge in [-0.15, -0.1) is 0 Å². The minimum Gasteiger partial charge on any atom is -0.505 e. The topological polar surface area (TPSA) is 138 Å². The summed E-state index contributed by atoms with van der Waals surface area (Å²) in [4.78, 5) is 21.3. The third-order valence-corrected chi connectivity index (χ3v) is 6.32. The number of hydrogen-bond acceptors (Lipinski definition) is 6. The van der Waals surface area contributed by atoms with Gasteiger partial charge in [-0.1, -0.05) is 41.4 Å². The number of aromatic hydroxyl groups is 1. The molecule has 0 saturated carbocycles. The van der Waals surface area contributed by atoms with Crippen molar-refractivity contribution in [3.8, 4) is 5.75 Å². The number of sulfonamides is 1. The molecule has 12 heteroatoms. The highest BCUT2D eigenvalue weighted by molar-refractivity contribution is 7.89. The van der Waals surface area contributed by atoms with Crippen molar-refractivity contribution in [3.63, 3.8) is 0 Å². The Labute approximate surface area is 169 Å². The van der Waals surface area contributed by atoms with Crippen LogP contribution in [0.1, 0.15) is 12.5 Å². The van der Waals surface area contributed by atoms with Crippen molar-refractivity contribution in [2.24, 2.45) is 0 Å². The maximum absolute atomic E-state index is 13.1. The van der Waals surface area contributed by atoms with Gasteiger partial charge in [0.25, 0.3) is 5.69 Å². The van der Waals surface area contributed by atoms with Crippen LogP contribution in [0.3, 0.4) is 0 Å². The Morgan fingerprint density at radius 2 is 1.89 bits per heavy atom. The van der Waals surface area contributed by atoms with E-state index in [0.717, 1.165) is 19.1 Å². The molecule has 0 aliphatic carbocycles. The number of carbonyl (C=O) groups is 1. The second kappa shape index (κ2) is 8.31. The zero-order chi connectivity index (χ0) is 21.2. The molecule has 0 unspecified atom stereocenters. The number of phenols is 1. The average molecular weight is 449 g/mol. The molecule has 2 aromatic carbocycles. The van der Waals surface area contributed by atoms with E-state index in [1.54, 1.807) is 0 Å². The number of carboxylic acid groups (broad SMARTS) is 1. The summed E-state index contributed by atoms with van der Waals surface area (Å²) in [5, 5.41) is 30.2. The van der Waals surface area contributed by atoms with Gasteiger partial charge in [0.15, 0.2) is 5.75 Å². The number of carboxylic acids is 1. The Hall–Kier alpha value is -2.40. The van der Waals surface area contributed by atoms with Crippen molar-refractivity contribution in [3.05, 3.63) is 62.1 Å². The molecule has 2 aromatic rings. The van der Waals surface area contributed by atoms with Crippen LogP contribution in [-0.4, -0.2) is 39.9 Å². The molecule has 0 bridgehead atoms. The standard InChI is InChI=1S/C16H14Cl2N2O7S/c1-9(16(22)23)19(8-10-4-2-3-5-13(10)20(24)25)28(26,27)14-7-11(17)6-12(18)15(14)21/h2-7,9,21H,8H2,1H3,(H,22,23)/t9-/m0/s1. The summed E-state index contributed by atoms with van der Waals surface area (Å²) in [5.41, 5.74) is -0.412. The van der Waals surface area contributed by atoms with Crippen LogP contribution in [-0.2, 0) is 21.4 Å². The van der Waals surface area contributed by atoms with Crippen LogP contribution in [0.15, 0.2) is 41.3 Å². The second-order valence-corrected chi connectivity index (χ2v) is 8.39. The molecule has 0 radical (unpaired) electrons. The summed E-state index contributed by atoms with van der Waals surface area (Å²) < 4.78 is 26.7. The lowest BCUT2D eigenvalue weighted by Gasteiger charge is -2.26. The Kier molecular flexibility index (Phi) is 6.50. The van der Waals surface area contributed by atoms with Gasteiger partial charge >= 0.3 is 5.97 Å². The van der Waals surface area contributed by atoms with Crippen LogP contribution in [0.2, 0.25) is 10.0 Å². The van der Waals surface area contributed by atoms with E-state index in [9.17, 15) is 33.5 Å². The number of benzene rings is 2. The molecule has 0 aliphatic rings. The van der Waals surface area contributed by atoms with E-state index >= 15 is 0 Å². The van der Waals surface area contributed by atoms with Crippen molar-refractivity contribution >= 4 is 44.9 Å². The number of phenolic OH excluding ortho intramolecular Hbond substituents is 1. The number of nitrogens with zero attached hydrogens (tertiary/aromatic N) is 2. The molecule has 2 rings (SSSR count). The maximum atomic E-state index is 13.1. The number of aliphatic carboxylic acids is 1. The van der Waals surface area contributed by atoms with Crippen molar-refractivity contribution in [2.45, 2.75) is 24.4 Å². The number of halogens is 2. The number of nitro groups is 1. The Bertz CT molecular complexity index is 1040. The van der Waals surface area contributed by atoms with Gasteiger partial charge in [-0.05, 0) is 19.1 Å². The second-order valence-electron chi connectivity index (χ2n) is 5.68. The van der Waals surface area contributed by atoms with Crippen molar-refractivity contribution < 1.29 is 28.3 Å². The lowest BCUT2D eigenvalue weighted by molar-refractivity contribution is -0.385. The molecule has 0 spiro atoms. The van der Waals surface area contributed by atoms with Gasteiger partial charge in [-0.2, -0.15) is 4.31 Å². The summed E-state index contributed by atoms with van der Waals surface area (Å²) in [6.07, 6.45) is 0. The third-order valence-electron chi connectivity index (χ3n) is 3.88. The quantitative estimate of drug-likeness (QED) is 0.489. The fourth-order valence-electron chi connectivity index (χ4n) is 2.41. The summed E-state index contributed by atoms with van der Waals surface area (Å²) >= 11 is 11.6. The number of rotatable bonds is 7. The van der Waals surface area contributed by atoms with Gasteiger partial charge in [-0.3, -0.25) is 14.9 Å². The van der Waals surface area contributed by atoms with Crippen LogP contribution in [0.25, 0.3) is 0 Å². The molecular formula is C16H14Cl2N2O7S. The minimum absolute atomic E-state index is 0.0308. The van der Waals surface area contributed by atoms with Crippen molar-refractivity contribution in [1.29, 1.82) is 0 Å². The summed E-state index contributed by atoms with van der Waals surface area (Å²) in [6.45, 7) is 0.467. The third kappa shape index (κ3) is 4.36. The van der Waals surface area contributed by atoms with E-state index in [-0.39, 0.29) is 21.3 Å². The summed E-state index contributed by atoms with van der Waals surface area (Å²) in [6, 6.07) is 5.74. The van der Waals surface area contributed by atoms with Crippen LogP contribution in [0.5, 0.6) is 5.75 Å². The molecule has 28 heavy (non-hydrogen) atoms. The van der Waals surface area contributed by atoms with Crippen LogP contribution in [0, 0.1) is 10.1 Å². The molecule has 150 valence electrons. The monoisotopic (exact) mass is 448 g/mol. The first-order chi connectivity index (χ1) is 13.0. The fraction of sp³-hybridized carbons (Fsp3) is 0.188. The molecule has 0 aromatic heterocycles. The highest BCUT2D eigenvalue weighted by Crippen LogP contribution is 2.37. The van der Waals surface area contributed by atoms with Gasteiger partial charge in [-0.25, -0.2) is 8.42 Å². The molecule has 2 N–H and O–H groups in total. The Morgan fingerprint density at radius 1 is 1.29 bits per heavy atom. The lowest BCUT2D eigenvalue weighted by atomic mass is 10.1. The van der Waals surface area contributed by atoms with Gasteiger partial charge in [0, 0.05) is 23.2 Å². The van der Waals surface area contributed by atoms with Crippen molar-refractivity contribution in [2.75, 3.05) is 0 Å². The summed E-state index contributed by atoms with van der Waals surface area (Å²) in [5.74, 6) is -2.30. The zero-order valence-electron chi connectivity index (χ0n) is 14.2.